The van der Waals surface area contributed by atoms with Crippen molar-refractivity contribution in [2.75, 3.05) is 24.6 Å². The maximum Gasteiger partial charge on any atom is 0.0346 e. The van der Waals surface area contributed by atoms with Crippen LogP contribution in [0, 0.1) is 6.92 Å². The van der Waals surface area contributed by atoms with E-state index in [-0.39, 0.29) is 0 Å². The van der Waals surface area contributed by atoms with Crippen molar-refractivity contribution < 1.29 is 0 Å². The molecular weight excluding hydrogens is 228 g/mol. The number of anilines is 1. The zero-order valence-electron chi connectivity index (χ0n) is 10.8. The van der Waals surface area contributed by atoms with E-state index in [1.54, 1.807) is 0 Å². The fourth-order valence-corrected chi connectivity index (χ4v) is 3.47. The fraction of sp³-hybridized carbons (Fsp3) is 0.571. The Kier molecular flexibility index (Phi) is 4.35. The number of benzene rings is 1. The molecule has 3 heteroatoms. The van der Waals surface area contributed by atoms with E-state index < -0.39 is 0 Å². The van der Waals surface area contributed by atoms with Crippen LogP contribution in [-0.2, 0) is 6.54 Å². The summed E-state index contributed by atoms with van der Waals surface area (Å²) in [5.74, 6) is 1.26. The van der Waals surface area contributed by atoms with Crippen LogP contribution < -0.4 is 5.73 Å². The van der Waals surface area contributed by atoms with Gasteiger partial charge in [-0.1, -0.05) is 19.1 Å². The summed E-state index contributed by atoms with van der Waals surface area (Å²) in [5.41, 5.74) is 9.39. The van der Waals surface area contributed by atoms with E-state index >= 15 is 0 Å². The molecule has 2 rings (SSSR count). The van der Waals surface area contributed by atoms with E-state index in [1.807, 2.05) is 0 Å². The van der Waals surface area contributed by atoms with Gasteiger partial charge in [-0.3, -0.25) is 4.90 Å². The van der Waals surface area contributed by atoms with E-state index in [4.69, 9.17) is 5.73 Å². The summed E-state index contributed by atoms with van der Waals surface area (Å²) in [4.78, 5) is 2.55. The average Bonchev–Trinajstić information content (AvgIpc) is 2.34. The molecule has 17 heavy (non-hydrogen) atoms. The smallest absolute Gasteiger partial charge is 0.0346 e. The van der Waals surface area contributed by atoms with Crippen molar-refractivity contribution in [2.45, 2.75) is 32.1 Å². The first-order chi connectivity index (χ1) is 8.19. The van der Waals surface area contributed by atoms with Crippen molar-refractivity contribution in [1.82, 2.24) is 4.90 Å². The molecule has 0 amide bonds. The summed E-state index contributed by atoms with van der Waals surface area (Å²) in [7, 11) is 0. The highest BCUT2D eigenvalue weighted by molar-refractivity contribution is 8.00. The summed E-state index contributed by atoms with van der Waals surface area (Å²) in [5, 5.41) is 0.812. The number of thioether (sulfide) groups is 1. The first-order valence-electron chi connectivity index (χ1n) is 6.38. The van der Waals surface area contributed by atoms with Gasteiger partial charge in [0.15, 0.2) is 0 Å². The minimum absolute atomic E-state index is 0.812. The Bertz CT molecular complexity index is 378. The van der Waals surface area contributed by atoms with Crippen LogP contribution in [0.1, 0.15) is 24.5 Å². The van der Waals surface area contributed by atoms with Crippen LogP contribution in [0.25, 0.3) is 0 Å². The lowest BCUT2D eigenvalue weighted by Gasteiger charge is -2.31. The van der Waals surface area contributed by atoms with Crippen molar-refractivity contribution >= 4 is 17.4 Å². The second-order valence-electron chi connectivity index (χ2n) is 4.83. The van der Waals surface area contributed by atoms with Crippen molar-refractivity contribution in [3.05, 3.63) is 29.3 Å². The molecule has 0 radical (unpaired) electrons. The lowest BCUT2D eigenvalue weighted by Crippen LogP contribution is -2.37. The van der Waals surface area contributed by atoms with Gasteiger partial charge in [-0.2, -0.15) is 11.8 Å². The third kappa shape index (κ3) is 3.39. The zero-order valence-corrected chi connectivity index (χ0v) is 11.6. The predicted octanol–water partition coefficient (Wildman–Crippen LogP) is 2.90. The van der Waals surface area contributed by atoms with Crippen LogP contribution in [0.5, 0.6) is 0 Å². The zero-order chi connectivity index (χ0) is 12.3. The first kappa shape index (κ1) is 12.8. The maximum absolute atomic E-state index is 5.96. The molecule has 1 aliphatic rings. The van der Waals surface area contributed by atoms with Gasteiger partial charge in [0.2, 0.25) is 0 Å². The number of nitrogen functional groups attached to an aromatic ring is 1. The Morgan fingerprint density at radius 2 is 2.29 bits per heavy atom. The Morgan fingerprint density at radius 3 is 3.00 bits per heavy atom. The van der Waals surface area contributed by atoms with Gasteiger partial charge in [0.25, 0.3) is 0 Å². The third-order valence-electron chi connectivity index (χ3n) is 3.43. The van der Waals surface area contributed by atoms with Crippen molar-refractivity contribution in [1.29, 1.82) is 0 Å². The fourth-order valence-electron chi connectivity index (χ4n) is 2.22. The molecule has 1 atom stereocenters. The molecule has 0 saturated carbocycles. The number of rotatable bonds is 3. The summed E-state index contributed by atoms with van der Waals surface area (Å²) in [6.07, 6.45) is 1.28. The topological polar surface area (TPSA) is 29.3 Å². The van der Waals surface area contributed by atoms with Gasteiger partial charge in [-0.25, -0.2) is 0 Å². The summed E-state index contributed by atoms with van der Waals surface area (Å²) in [6.45, 7) is 7.81. The number of nitrogens with zero attached hydrogens (tertiary/aromatic N) is 1. The minimum atomic E-state index is 0.812. The molecule has 1 aliphatic heterocycles. The molecular formula is C14H22N2S. The molecule has 1 aromatic carbocycles. The number of aryl methyl sites for hydroxylation is 1. The van der Waals surface area contributed by atoms with Gasteiger partial charge in [-0.05, 0) is 30.5 Å². The SMILES string of the molecule is CCC1CN(Cc2ccc(C)c(N)c2)CCS1. The number of hydrogen-bond donors (Lipinski definition) is 1. The predicted molar refractivity (Wildman–Crippen MR) is 77.4 cm³/mol. The molecule has 1 fully saturated rings. The molecule has 1 aromatic rings. The lowest BCUT2D eigenvalue weighted by atomic mass is 10.1. The Hall–Kier alpha value is -0.670. The molecule has 1 saturated heterocycles. The van der Waals surface area contributed by atoms with Gasteiger partial charge in [0.1, 0.15) is 0 Å². The molecule has 0 spiro atoms. The van der Waals surface area contributed by atoms with E-state index in [0.29, 0.717) is 0 Å². The van der Waals surface area contributed by atoms with Crippen LogP contribution in [0.15, 0.2) is 18.2 Å². The molecule has 2 N–H and O–H groups in total. The molecule has 0 aliphatic carbocycles. The number of nitrogens with two attached hydrogens (primary N) is 1. The standard InChI is InChI=1S/C14H22N2S/c1-3-13-10-16(6-7-17-13)9-12-5-4-11(2)14(15)8-12/h4-5,8,13H,3,6-7,9-10,15H2,1-2H3. The van der Waals surface area contributed by atoms with Crippen LogP contribution in [0.2, 0.25) is 0 Å². The average molecular weight is 250 g/mol. The molecule has 1 unspecified atom stereocenters. The molecule has 94 valence electrons. The molecule has 1 heterocycles. The third-order valence-corrected chi connectivity index (χ3v) is 4.80. The van der Waals surface area contributed by atoms with Gasteiger partial charge < -0.3 is 5.73 Å². The Balaban J connectivity index is 1.97. The highest BCUT2D eigenvalue weighted by atomic mass is 32.2. The first-order valence-corrected chi connectivity index (χ1v) is 7.43. The van der Waals surface area contributed by atoms with E-state index in [0.717, 1.165) is 17.5 Å². The van der Waals surface area contributed by atoms with Crippen molar-refractivity contribution in [3.63, 3.8) is 0 Å². The summed E-state index contributed by atoms with van der Waals surface area (Å²) < 4.78 is 0. The Morgan fingerprint density at radius 1 is 1.47 bits per heavy atom. The molecule has 0 bridgehead atoms. The minimum Gasteiger partial charge on any atom is -0.399 e. The van der Waals surface area contributed by atoms with Crippen LogP contribution in [0.4, 0.5) is 5.69 Å². The molecule has 0 aromatic heterocycles. The van der Waals surface area contributed by atoms with Gasteiger partial charge in [0, 0.05) is 36.3 Å². The summed E-state index contributed by atoms with van der Waals surface area (Å²) in [6, 6.07) is 6.45. The monoisotopic (exact) mass is 250 g/mol. The van der Waals surface area contributed by atoms with E-state index in [2.05, 4.69) is 48.7 Å². The second-order valence-corrected chi connectivity index (χ2v) is 6.24. The quantitative estimate of drug-likeness (QED) is 0.836. The normalized spacial score (nSPS) is 21.6. The van der Waals surface area contributed by atoms with Crippen LogP contribution in [-0.4, -0.2) is 29.0 Å². The van der Waals surface area contributed by atoms with Crippen molar-refractivity contribution in [2.24, 2.45) is 0 Å². The lowest BCUT2D eigenvalue weighted by molar-refractivity contribution is 0.273. The van der Waals surface area contributed by atoms with Gasteiger partial charge >= 0.3 is 0 Å². The second kappa shape index (κ2) is 5.78. The van der Waals surface area contributed by atoms with Crippen molar-refractivity contribution in [3.8, 4) is 0 Å². The highest BCUT2D eigenvalue weighted by Crippen LogP contribution is 2.23. The van der Waals surface area contributed by atoms with Gasteiger partial charge in [-0.15, -0.1) is 0 Å². The van der Waals surface area contributed by atoms with Crippen LogP contribution >= 0.6 is 11.8 Å². The Labute approximate surface area is 109 Å². The summed E-state index contributed by atoms with van der Waals surface area (Å²) >= 11 is 2.12. The van der Waals surface area contributed by atoms with E-state index in [1.165, 1.54) is 36.4 Å². The van der Waals surface area contributed by atoms with E-state index in [9.17, 15) is 0 Å². The van der Waals surface area contributed by atoms with Gasteiger partial charge in [0.05, 0.1) is 0 Å². The molecule has 2 nitrogen and oxygen atoms in total. The largest absolute Gasteiger partial charge is 0.399 e. The maximum atomic E-state index is 5.96. The van der Waals surface area contributed by atoms with Crippen LogP contribution in [0.3, 0.4) is 0 Å². The number of hydrogen-bond acceptors (Lipinski definition) is 3. The highest BCUT2D eigenvalue weighted by Gasteiger charge is 2.18.